The molecule has 0 unspecified atom stereocenters. The van der Waals surface area contributed by atoms with Crippen LogP contribution in [-0.2, 0) is 22.4 Å². The number of amides is 1. The zero-order chi connectivity index (χ0) is 35.3. The van der Waals surface area contributed by atoms with Gasteiger partial charge in [-0.2, -0.15) is 5.10 Å². The Morgan fingerprint density at radius 1 is 1.04 bits per heavy atom. The van der Waals surface area contributed by atoms with Crippen molar-refractivity contribution in [3.63, 3.8) is 0 Å². The van der Waals surface area contributed by atoms with Crippen molar-refractivity contribution in [2.45, 2.75) is 84.8 Å². The summed E-state index contributed by atoms with van der Waals surface area (Å²) >= 11 is 6.52. The third kappa shape index (κ3) is 9.53. The van der Waals surface area contributed by atoms with E-state index in [2.05, 4.69) is 63.6 Å². The highest BCUT2D eigenvalue weighted by atomic mass is 35.5. The minimum atomic E-state index is -2.07. The minimum Gasteiger partial charge on any atom is -0.493 e. The third-order valence-electron chi connectivity index (χ3n) is 8.85. The predicted octanol–water partition coefficient (Wildman–Crippen LogP) is 9.27. The van der Waals surface area contributed by atoms with Gasteiger partial charge in [0, 0.05) is 50.7 Å². The number of rotatable bonds is 15. The summed E-state index contributed by atoms with van der Waals surface area (Å²) in [6, 6.07) is 12.7. The van der Waals surface area contributed by atoms with Crippen LogP contribution < -0.4 is 4.74 Å². The van der Waals surface area contributed by atoms with Crippen LogP contribution in [0.1, 0.15) is 43.6 Å². The van der Waals surface area contributed by atoms with Gasteiger partial charge in [0.05, 0.1) is 30.3 Å². The third-order valence-corrected chi connectivity index (χ3v) is 15.4. The maximum Gasteiger partial charge on any atom is 0.254 e. The predicted molar refractivity (Wildman–Crippen MR) is 198 cm³/mol. The van der Waals surface area contributed by atoms with Crippen LogP contribution in [0.4, 0.5) is 4.39 Å². The molecule has 0 fully saturated rings. The Balaban J connectivity index is 1.69. The van der Waals surface area contributed by atoms with Crippen molar-refractivity contribution in [2.24, 2.45) is 0 Å². The number of hydrogen-bond acceptors (Lipinski definition) is 6. The number of hydrogen-bond donors (Lipinski definition) is 0. The van der Waals surface area contributed by atoms with E-state index in [0.29, 0.717) is 59.3 Å². The molecule has 4 rings (SSSR count). The van der Waals surface area contributed by atoms with Gasteiger partial charge in [0.25, 0.3) is 5.91 Å². The van der Waals surface area contributed by atoms with Crippen LogP contribution in [0.25, 0.3) is 22.0 Å². The number of fused-ring (bicyclic) bond motifs is 1. The fourth-order valence-corrected chi connectivity index (χ4v) is 6.95. The molecule has 2 aromatic heterocycles. The van der Waals surface area contributed by atoms with Crippen molar-refractivity contribution in [3.05, 3.63) is 77.0 Å². The maximum absolute atomic E-state index is 14.4. The van der Waals surface area contributed by atoms with Crippen LogP contribution in [0.5, 0.6) is 5.75 Å². The summed E-state index contributed by atoms with van der Waals surface area (Å²) in [5.41, 5.74) is 3.41. The Bertz CT molecular complexity index is 1720. The minimum absolute atomic E-state index is 0.0230. The van der Waals surface area contributed by atoms with Crippen LogP contribution in [-0.4, -0.2) is 68.3 Å². The Labute approximate surface area is 291 Å². The Morgan fingerprint density at radius 3 is 2.46 bits per heavy atom. The molecule has 2 heterocycles. The number of carbonyl (C=O) groups excluding carboxylic acids is 1. The highest BCUT2D eigenvalue weighted by Crippen LogP contribution is 2.37. The van der Waals surface area contributed by atoms with E-state index < -0.39 is 16.4 Å². The zero-order valence-corrected chi connectivity index (χ0v) is 32.6. The zero-order valence-electron chi connectivity index (χ0n) is 29.8. The lowest BCUT2D eigenvalue weighted by atomic mass is 10.0. The number of nitrogens with zero attached hydrogens (tertiary/aromatic N) is 4. The van der Waals surface area contributed by atoms with Gasteiger partial charge < -0.3 is 18.8 Å². The molecule has 0 atom stereocenters. The van der Waals surface area contributed by atoms with Gasteiger partial charge in [0.2, 0.25) is 0 Å². The molecule has 48 heavy (non-hydrogen) atoms. The molecule has 8 nitrogen and oxygen atoms in total. The van der Waals surface area contributed by atoms with Crippen LogP contribution in [0.3, 0.4) is 0 Å². The lowest BCUT2D eigenvalue weighted by Gasteiger charge is -2.37. The SMILES string of the molecule is CCOc1cc(C(=O)N(CCO[Si](C)(C)C(C)(C)C)Cc2cnc(Cl)c3cnn(COCC[Si](C)(C)C)c23)ccc1-c1cccc(F)c1. The Hall–Kier alpha value is -3.10. The van der Waals surface area contributed by atoms with Gasteiger partial charge >= 0.3 is 0 Å². The van der Waals surface area contributed by atoms with Crippen LogP contribution >= 0.6 is 11.6 Å². The molecule has 0 spiro atoms. The average molecular weight is 713 g/mol. The molecule has 0 bridgehead atoms. The fraction of sp³-hybridized carbons (Fsp3) is 0.472. The highest BCUT2D eigenvalue weighted by molar-refractivity contribution is 6.76. The smallest absolute Gasteiger partial charge is 0.254 e. The van der Waals surface area contributed by atoms with E-state index in [9.17, 15) is 9.18 Å². The number of benzene rings is 2. The van der Waals surface area contributed by atoms with E-state index in [1.165, 1.54) is 12.1 Å². The summed E-state index contributed by atoms with van der Waals surface area (Å²) in [7, 11) is -3.33. The first-order chi connectivity index (χ1) is 22.5. The van der Waals surface area contributed by atoms with Gasteiger partial charge in [-0.05, 0) is 67.0 Å². The fourth-order valence-electron chi connectivity index (χ4n) is 4.98. The van der Waals surface area contributed by atoms with Gasteiger partial charge in [0.1, 0.15) is 23.5 Å². The second kappa shape index (κ2) is 15.6. The molecule has 0 aliphatic rings. The van der Waals surface area contributed by atoms with Crippen molar-refractivity contribution in [2.75, 3.05) is 26.4 Å². The number of halogens is 2. The van der Waals surface area contributed by atoms with Crippen LogP contribution in [0.2, 0.25) is 49.0 Å². The van der Waals surface area contributed by atoms with Crippen molar-refractivity contribution < 1.29 is 23.1 Å². The van der Waals surface area contributed by atoms with Gasteiger partial charge in [-0.15, -0.1) is 0 Å². The monoisotopic (exact) mass is 712 g/mol. The summed E-state index contributed by atoms with van der Waals surface area (Å²) in [5.74, 6) is -0.0248. The first-order valence-corrected chi connectivity index (χ1v) is 23.5. The summed E-state index contributed by atoms with van der Waals surface area (Å²) < 4.78 is 34.4. The van der Waals surface area contributed by atoms with E-state index >= 15 is 0 Å². The molecule has 0 radical (unpaired) electrons. The van der Waals surface area contributed by atoms with Crippen LogP contribution in [0.15, 0.2) is 54.9 Å². The Morgan fingerprint density at radius 2 is 1.79 bits per heavy atom. The molecule has 0 saturated carbocycles. The molecule has 4 aromatic rings. The molecule has 0 aliphatic heterocycles. The van der Waals surface area contributed by atoms with Crippen LogP contribution in [0, 0.1) is 5.82 Å². The lowest BCUT2D eigenvalue weighted by molar-refractivity contribution is 0.0709. The van der Waals surface area contributed by atoms with Gasteiger partial charge in [-0.3, -0.25) is 4.79 Å². The molecule has 2 aromatic carbocycles. The van der Waals surface area contributed by atoms with E-state index in [4.69, 9.17) is 25.5 Å². The van der Waals surface area contributed by atoms with E-state index in [1.807, 2.05) is 19.1 Å². The number of ether oxygens (including phenoxy) is 2. The molecule has 260 valence electrons. The van der Waals surface area contributed by atoms with Gasteiger partial charge in [0.15, 0.2) is 8.32 Å². The van der Waals surface area contributed by atoms with Gasteiger partial charge in [-0.25, -0.2) is 14.1 Å². The van der Waals surface area contributed by atoms with Crippen molar-refractivity contribution in [1.82, 2.24) is 19.7 Å². The number of aromatic nitrogens is 3. The molecular weight excluding hydrogens is 663 g/mol. The summed E-state index contributed by atoms with van der Waals surface area (Å²) in [6.45, 7) is 22.1. The van der Waals surface area contributed by atoms with E-state index in [0.717, 1.165) is 17.1 Å². The van der Waals surface area contributed by atoms with E-state index in [-0.39, 0.29) is 30.0 Å². The second-order valence-corrected chi connectivity index (χ2v) is 25.6. The maximum atomic E-state index is 14.4. The molecule has 0 saturated heterocycles. The summed E-state index contributed by atoms with van der Waals surface area (Å²) in [4.78, 5) is 20.6. The number of carbonyl (C=O) groups is 1. The molecular formula is C36H50ClFN4O4Si2. The normalized spacial score (nSPS) is 12.5. The molecule has 1 amide bonds. The molecule has 0 N–H and O–H groups in total. The largest absolute Gasteiger partial charge is 0.493 e. The van der Waals surface area contributed by atoms with Crippen molar-refractivity contribution in [1.29, 1.82) is 0 Å². The quantitative estimate of drug-likeness (QED) is 0.0695. The molecule has 12 heteroatoms. The first-order valence-electron chi connectivity index (χ1n) is 16.5. The summed E-state index contributed by atoms with van der Waals surface area (Å²) in [5, 5.41) is 5.64. The van der Waals surface area contributed by atoms with Crippen molar-refractivity contribution in [3.8, 4) is 16.9 Å². The first kappa shape index (κ1) is 37.7. The average Bonchev–Trinajstić information content (AvgIpc) is 3.44. The number of pyridine rings is 1. The standard InChI is InChI=1S/C36H50ClFN4O4Si2/c1-10-45-32-21-27(14-15-30(32)26-12-11-13-29(38)20-26)35(43)41(16-17-46-48(8,9)36(2,3)4)24-28-22-39-34(37)31-23-40-42(33(28)31)25-44-18-19-47(5,6)7/h11-15,20-23H,10,16-19,24-25H2,1-9H3. The molecule has 0 aliphatic carbocycles. The van der Waals surface area contributed by atoms with E-state index in [1.54, 1.807) is 40.2 Å². The summed E-state index contributed by atoms with van der Waals surface area (Å²) in [6.07, 6.45) is 3.40. The topological polar surface area (TPSA) is 78.7 Å². The Kier molecular flexibility index (Phi) is 12.3. The van der Waals surface area contributed by atoms with Crippen molar-refractivity contribution >= 4 is 44.8 Å². The second-order valence-electron chi connectivity index (χ2n) is 14.8. The highest BCUT2D eigenvalue weighted by Gasteiger charge is 2.37. The van der Waals surface area contributed by atoms with Gasteiger partial charge in [-0.1, -0.05) is 64.1 Å². The lowest BCUT2D eigenvalue weighted by Crippen LogP contribution is -2.43.